The Balaban J connectivity index is 1.83. The molecule has 0 aliphatic rings. The van der Waals surface area contributed by atoms with Crippen molar-refractivity contribution in [2.75, 3.05) is 13.7 Å². The fourth-order valence-electron chi connectivity index (χ4n) is 2.04. The third-order valence-electron chi connectivity index (χ3n) is 3.08. The maximum absolute atomic E-state index is 5.72. The molecule has 0 bridgehead atoms. The summed E-state index contributed by atoms with van der Waals surface area (Å²) in [4.78, 5) is 8.77. The van der Waals surface area contributed by atoms with Gasteiger partial charge in [-0.1, -0.05) is 0 Å². The van der Waals surface area contributed by atoms with Crippen molar-refractivity contribution in [1.29, 1.82) is 0 Å². The van der Waals surface area contributed by atoms with E-state index in [1.165, 1.54) is 0 Å². The zero-order chi connectivity index (χ0) is 15.4. The topological polar surface area (TPSA) is 53.5 Å². The van der Waals surface area contributed by atoms with Gasteiger partial charge in [-0.05, 0) is 43.3 Å². The molecular weight excluding hydrogens is 280 g/mol. The lowest BCUT2D eigenvalue weighted by molar-refractivity contribution is 0.339. The van der Waals surface area contributed by atoms with Gasteiger partial charge in [-0.2, -0.15) is 0 Å². The second-order valence-corrected chi connectivity index (χ2v) is 4.57. The van der Waals surface area contributed by atoms with E-state index in [1.54, 1.807) is 13.3 Å². The van der Waals surface area contributed by atoms with Gasteiger partial charge in [-0.3, -0.25) is 0 Å². The SMILES string of the molecule is CCOc1ccc(Oc2cnc3ccc(OC)cc3n2)cc1. The highest BCUT2D eigenvalue weighted by molar-refractivity contribution is 5.76. The van der Waals surface area contributed by atoms with Gasteiger partial charge in [-0.15, -0.1) is 0 Å². The maximum atomic E-state index is 5.72. The van der Waals surface area contributed by atoms with Crippen LogP contribution < -0.4 is 14.2 Å². The Hall–Kier alpha value is -2.82. The summed E-state index contributed by atoms with van der Waals surface area (Å²) in [5, 5.41) is 0. The Labute approximate surface area is 128 Å². The monoisotopic (exact) mass is 296 g/mol. The van der Waals surface area contributed by atoms with Gasteiger partial charge in [0, 0.05) is 6.07 Å². The van der Waals surface area contributed by atoms with Crippen LogP contribution in [-0.2, 0) is 0 Å². The summed E-state index contributed by atoms with van der Waals surface area (Å²) in [7, 11) is 1.62. The predicted molar refractivity (Wildman–Crippen MR) is 83.8 cm³/mol. The lowest BCUT2D eigenvalue weighted by Crippen LogP contribution is -1.93. The van der Waals surface area contributed by atoms with Crippen LogP contribution in [0.1, 0.15) is 6.92 Å². The number of nitrogens with zero attached hydrogens (tertiary/aromatic N) is 2. The van der Waals surface area contributed by atoms with Crippen LogP contribution in [0.15, 0.2) is 48.7 Å². The largest absolute Gasteiger partial charge is 0.497 e. The van der Waals surface area contributed by atoms with Gasteiger partial charge in [0.15, 0.2) is 0 Å². The van der Waals surface area contributed by atoms with Gasteiger partial charge in [0.25, 0.3) is 0 Å². The first-order valence-electron chi connectivity index (χ1n) is 7.00. The van der Waals surface area contributed by atoms with Crippen LogP contribution in [0.4, 0.5) is 0 Å². The van der Waals surface area contributed by atoms with E-state index in [-0.39, 0.29) is 0 Å². The second-order valence-electron chi connectivity index (χ2n) is 4.57. The van der Waals surface area contributed by atoms with Crippen LogP contribution in [0.5, 0.6) is 23.1 Å². The molecule has 22 heavy (non-hydrogen) atoms. The molecule has 0 amide bonds. The minimum atomic E-state index is 0.435. The van der Waals surface area contributed by atoms with Crippen molar-refractivity contribution < 1.29 is 14.2 Å². The molecule has 0 N–H and O–H groups in total. The molecular formula is C17H16N2O3. The van der Waals surface area contributed by atoms with Crippen molar-refractivity contribution in [2.24, 2.45) is 0 Å². The molecule has 0 radical (unpaired) electrons. The summed E-state index contributed by atoms with van der Waals surface area (Å²) in [6.07, 6.45) is 1.60. The van der Waals surface area contributed by atoms with Crippen molar-refractivity contribution in [3.8, 4) is 23.1 Å². The summed E-state index contributed by atoms with van der Waals surface area (Å²) in [5.41, 5.74) is 1.52. The molecule has 1 heterocycles. The highest BCUT2D eigenvalue weighted by Crippen LogP contribution is 2.24. The maximum Gasteiger partial charge on any atom is 0.238 e. The lowest BCUT2D eigenvalue weighted by Gasteiger charge is -2.07. The summed E-state index contributed by atoms with van der Waals surface area (Å²) in [6, 6.07) is 12.9. The number of hydrogen-bond donors (Lipinski definition) is 0. The molecule has 0 aliphatic carbocycles. The van der Waals surface area contributed by atoms with Gasteiger partial charge in [0.1, 0.15) is 17.2 Å². The van der Waals surface area contributed by atoms with Crippen molar-refractivity contribution in [2.45, 2.75) is 6.92 Å². The minimum absolute atomic E-state index is 0.435. The average molecular weight is 296 g/mol. The molecule has 5 heteroatoms. The number of rotatable bonds is 5. The predicted octanol–water partition coefficient (Wildman–Crippen LogP) is 3.83. The third kappa shape index (κ3) is 3.09. The summed E-state index contributed by atoms with van der Waals surface area (Å²) in [6.45, 7) is 2.58. The molecule has 0 unspecified atom stereocenters. The third-order valence-corrected chi connectivity index (χ3v) is 3.08. The first-order valence-corrected chi connectivity index (χ1v) is 7.00. The van der Waals surface area contributed by atoms with Gasteiger partial charge < -0.3 is 14.2 Å². The fraction of sp³-hybridized carbons (Fsp3) is 0.176. The zero-order valence-corrected chi connectivity index (χ0v) is 12.4. The highest BCUT2D eigenvalue weighted by Gasteiger charge is 2.04. The first-order chi connectivity index (χ1) is 10.8. The Morgan fingerprint density at radius 2 is 1.64 bits per heavy atom. The molecule has 5 nitrogen and oxygen atoms in total. The number of methoxy groups -OCH3 is 1. The Kier molecular flexibility index (Phi) is 4.05. The van der Waals surface area contributed by atoms with Crippen molar-refractivity contribution in [3.63, 3.8) is 0 Å². The number of benzene rings is 2. The zero-order valence-electron chi connectivity index (χ0n) is 12.4. The van der Waals surface area contributed by atoms with Crippen LogP contribution in [0.25, 0.3) is 11.0 Å². The molecule has 3 rings (SSSR count). The van der Waals surface area contributed by atoms with E-state index < -0.39 is 0 Å². The molecule has 0 aliphatic heterocycles. The average Bonchev–Trinajstić information content (AvgIpc) is 2.56. The van der Waals surface area contributed by atoms with Crippen LogP contribution in [0, 0.1) is 0 Å². The first kappa shape index (κ1) is 14.1. The van der Waals surface area contributed by atoms with E-state index >= 15 is 0 Å². The highest BCUT2D eigenvalue weighted by atomic mass is 16.5. The Morgan fingerprint density at radius 3 is 2.36 bits per heavy atom. The number of aromatic nitrogens is 2. The van der Waals surface area contributed by atoms with E-state index in [4.69, 9.17) is 14.2 Å². The van der Waals surface area contributed by atoms with Crippen LogP contribution in [-0.4, -0.2) is 23.7 Å². The molecule has 0 spiro atoms. The van der Waals surface area contributed by atoms with E-state index in [1.807, 2.05) is 49.4 Å². The number of ether oxygens (including phenoxy) is 3. The van der Waals surface area contributed by atoms with Gasteiger partial charge in [0.05, 0.1) is 30.9 Å². The van der Waals surface area contributed by atoms with Crippen molar-refractivity contribution >= 4 is 11.0 Å². The van der Waals surface area contributed by atoms with E-state index in [0.717, 1.165) is 22.5 Å². The molecule has 2 aromatic carbocycles. The standard InChI is InChI=1S/C17H16N2O3/c1-3-21-12-4-6-13(7-5-12)22-17-11-18-15-9-8-14(20-2)10-16(15)19-17/h4-11H,3H2,1-2H3. The minimum Gasteiger partial charge on any atom is -0.497 e. The van der Waals surface area contributed by atoms with Crippen LogP contribution in [0.3, 0.4) is 0 Å². The van der Waals surface area contributed by atoms with E-state index in [2.05, 4.69) is 9.97 Å². The molecule has 0 saturated heterocycles. The summed E-state index contributed by atoms with van der Waals surface area (Å²) >= 11 is 0. The Morgan fingerprint density at radius 1 is 0.909 bits per heavy atom. The van der Waals surface area contributed by atoms with E-state index in [0.29, 0.717) is 18.2 Å². The van der Waals surface area contributed by atoms with Crippen LogP contribution >= 0.6 is 0 Å². The Bertz CT molecular complexity index is 772. The normalized spacial score (nSPS) is 10.5. The molecule has 0 saturated carbocycles. The quantitative estimate of drug-likeness (QED) is 0.716. The number of fused-ring (bicyclic) bond motifs is 1. The lowest BCUT2D eigenvalue weighted by atomic mass is 10.3. The van der Waals surface area contributed by atoms with Gasteiger partial charge in [0.2, 0.25) is 5.88 Å². The van der Waals surface area contributed by atoms with Gasteiger partial charge in [-0.25, -0.2) is 9.97 Å². The summed E-state index contributed by atoms with van der Waals surface area (Å²) < 4.78 is 16.3. The molecule has 0 atom stereocenters. The second kappa shape index (κ2) is 6.30. The molecule has 3 aromatic rings. The van der Waals surface area contributed by atoms with Gasteiger partial charge >= 0.3 is 0 Å². The molecule has 112 valence electrons. The smallest absolute Gasteiger partial charge is 0.238 e. The fourth-order valence-corrected chi connectivity index (χ4v) is 2.04. The van der Waals surface area contributed by atoms with E-state index in [9.17, 15) is 0 Å². The molecule has 1 aromatic heterocycles. The summed E-state index contributed by atoms with van der Waals surface area (Å²) in [5.74, 6) is 2.66. The van der Waals surface area contributed by atoms with Crippen LogP contribution in [0.2, 0.25) is 0 Å². The number of hydrogen-bond acceptors (Lipinski definition) is 5. The van der Waals surface area contributed by atoms with Crippen molar-refractivity contribution in [1.82, 2.24) is 9.97 Å². The van der Waals surface area contributed by atoms with Crippen molar-refractivity contribution in [3.05, 3.63) is 48.7 Å². The molecule has 0 fully saturated rings.